The van der Waals surface area contributed by atoms with Crippen molar-refractivity contribution < 1.29 is 4.74 Å². The van der Waals surface area contributed by atoms with Crippen LogP contribution in [0, 0.1) is 0 Å². The summed E-state index contributed by atoms with van der Waals surface area (Å²) < 4.78 is 9.63. The number of nitrogens with zero attached hydrogens (tertiary/aromatic N) is 5. The Bertz CT molecular complexity index is 722. The number of rotatable bonds is 5. The molecule has 0 spiro atoms. The van der Waals surface area contributed by atoms with E-state index in [1.165, 1.54) is 0 Å². The number of hydrogen-bond acceptors (Lipinski definition) is 5. The molecule has 0 unspecified atom stereocenters. The highest BCUT2D eigenvalue weighted by Crippen LogP contribution is 2.21. The fourth-order valence-corrected chi connectivity index (χ4v) is 2.24. The Hall–Kier alpha value is -1.93. The second kappa shape index (κ2) is 5.59. The third-order valence-corrected chi connectivity index (χ3v) is 3.39. The first kappa shape index (κ1) is 13.1. The van der Waals surface area contributed by atoms with Crippen LogP contribution in [0.25, 0.3) is 5.65 Å². The van der Waals surface area contributed by atoms with Crippen LogP contribution < -0.4 is 5.32 Å². The Balaban J connectivity index is 1.84. The molecule has 0 aliphatic heterocycles. The standard InChI is InChI=1S/C12H13BrN6O/c1-20-5-4-18-8-9(6-16-18)17-11-12-15-7-10(13)19(12)3-2-14-11/h2-3,6-8H,4-5H2,1H3,(H,14,17). The van der Waals surface area contributed by atoms with Crippen molar-refractivity contribution in [2.24, 2.45) is 0 Å². The zero-order valence-electron chi connectivity index (χ0n) is 10.8. The molecule has 0 saturated heterocycles. The molecule has 0 aliphatic carbocycles. The fraction of sp³-hybridized carbons (Fsp3) is 0.250. The number of fused-ring (bicyclic) bond motifs is 1. The van der Waals surface area contributed by atoms with Gasteiger partial charge in [0.1, 0.15) is 4.60 Å². The minimum atomic E-state index is 0.627. The monoisotopic (exact) mass is 336 g/mol. The number of aromatic nitrogens is 5. The van der Waals surface area contributed by atoms with Gasteiger partial charge in [-0.2, -0.15) is 5.10 Å². The molecule has 0 bridgehead atoms. The van der Waals surface area contributed by atoms with E-state index in [0.717, 1.165) is 15.9 Å². The number of imidazole rings is 1. The number of anilines is 2. The van der Waals surface area contributed by atoms with Crippen LogP contribution in [0.2, 0.25) is 0 Å². The molecule has 0 amide bonds. The number of nitrogens with one attached hydrogen (secondary N) is 1. The van der Waals surface area contributed by atoms with Crippen LogP contribution in [0.1, 0.15) is 0 Å². The van der Waals surface area contributed by atoms with Gasteiger partial charge in [0.2, 0.25) is 0 Å². The maximum atomic E-state index is 5.02. The van der Waals surface area contributed by atoms with Crippen molar-refractivity contribution >= 4 is 33.1 Å². The van der Waals surface area contributed by atoms with Crippen molar-refractivity contribution in [3.63, 3.8) is 0 Å². The van der Waals surface area contributed by atoms with Gasteiger partial charge >= 0.3 is 0 Å². The van der Waals surface area contributed by atoms with Crippen molar-refractivity contribution in [1.82, 2.24) is 24.1 Å². The second-order valence-electron chi connectivity index (χ2n) is 4.16. The molecule has 3 aromatic rings. The molecule has 0 saturated carbocycles. The van der Waals surface area contributed by atoms with Crippen LogP contribution in [0.4, 0.5) is 11.5 Å². The summed E-state index contributed by atoms with van der Waals surface area (Å²) in [5, 5.41) is 7.46. The highest BCUT2D eigenvalue weighted by Gasteiger charge is 2.08. The Morgan fingerprint density at radius 2 is 2.25 bits per heavy atom. The van der Waals surface area contributed by atoms with Gasteiger partial charge in [0.25, 0.3) is 0 Å². The maximum absolute atomic E-state index is 5.02. The fourth-order valence-electron chi connectivity index (χ4n) is 1.85. The Morgan fingerprint density at radius 3 is 3.10 bits per heavy atom. The van der Waals surface area contributed by atoms with E-state index in [1.54, 1.807) is 25.7 Å². The van der Waals surface area contributed by atoms with Gasteiger partial charge in [-0.25, -0.2) is 9.97 Å². The summed E-state index contributed by atoms with van der Waals surface area (Å²) in [5.74, 6) is 0.685. The molecule has 104 valence electrons. The van der Waals surface area contributed by atoms with Gasteiger partial charge in [0.15, 0.2) is 11.5 Å². The van der Waals surface area contributed by atoms with Crippen molar-refractivity contribution in [3.05, 3.63) is 35.6 Å². The molecule has 0 radical (unpaired) electrons. The molecule has 7 nitrogen and oxygen atoms in total. The maximum Gasteiger partial charge on any atom is 0.181 e. The first-order valence-corrected chi connectivity index (χ1v) is 6.83. The summed E-state index contributed by atoms with van der Waals surface area (Å²) >= 11 is 3.43. The van der Waals surface area contributed by atoms with Gasteiger partial charge in [-0.3, -0.25) is 9.08 Å². The zero-order valence-corrected chi connectivity index (χ0v) is 12.4. The van der Waals surface area contributed by atoms with Crippen molar-refractivity contribution in [2.75, 3.05) is 19.0 Å². The number of methoxy groups -OCH3 is 1. The third-order valence-electron chi connectivity index (χ3n) is 2.80. The van der Waals surface area contributed by atoms with E-state index in [2.05, 4.69) is 36.3 Å². The molecule has 3 heterocycles. The topological polar surface area (TPSA) is 69.3 Å². The summed E-state index contributed by atoms with van der Waals surface area (Å²) in [6.45, 7) is 1.34. The second-order valence-corrected chi connectivity index (χ2v) is 4.97. The van der Waals surface area contributed by atoms with E-state index >= 15 is 0 Å². The minimum absolute atomic E-state index is 0.627. The number of ether oxygens (including phenoxy) is 1. The third kappa shape index (κ3) is 2.52. The van der Waals surface area contributed by atoms with E-state index in [9.17, 15) is 0 Å². The van der Waals surface area contributed by atoms with Gasteiger partial charge < -0.3 is 10.1 Å². The van der Waals surface area contributed by atoms with Gasteiger partial charge in [0.05, 0.1) is 31.2 Å². The molecule has 20 heavy (non-hydrogen) atoms. The smallest absolute Gasteiger partial charge is 0.181 e. The van der Waals surface area contributed by atoms with Gasteiger partial charge in [0, 0.05) is 25.7 Å². The molecule has 0 fully saturated rings. The largest absolute Gasteiger partial charge is 0.383 e. The van der Waals surface area contributed by atoms with Crippen molar-refractivity contribution in [2.45, 2.75) is 6.54 Å². The van der Waals surface area contributed by atoms with Crippen LogP contribution in [-0.2, 0) is 11.3 Å². The Morgan fingerprint density at radius 1 is 1.35 bits per heavy atom. The predicted molar refractivity (Wildman–Crippen MR) is 78.1 cm³/mol. The van der Waals surface area contributed by atoms with Crippen LogP contribution in [0.3, 0.4) is 0 Å². The van der Waals surface area contributed by atoms with Gasteiger partial charge in [-0.15, -0.1) is 0 Å². The molecule has 3 rings (SSSR count). The van der Waals surface area contributed by atoms with Crippen LogP contribution in [-0.4, -0.2) is 37.9 Å². The average molecular weight is 337 g/mol. The Labute approximate surface area is 123 Å². The first-order valence-electron chi connectivity index (χ1n) is 6.04. The zero-order chi connectivity index (χ0) is 13.9. The highest BCUT2D eigenvalue weighted by molar-refractivity contribution is 9.10. The SMILES string of the molecule is COCCn1cc(Nc2nccn3c(Br)cnc23)cn1. The van der Waals surface area contributed by atoms with Crippen LogP contribution >= 0.6 is 15.9 Å². The van der Waals surface area contributed by atoms with Crippen LogP contribution in [0.5, 0.6) is 0 Å². The van der Waals surface area contributed by atoms with Gasteiger partial charge in [-0.05, 0) is 15.9 Å². The summed E-state index contributed by atoms with van der Waals surface area (Å²) in [4.78, 5) is 8.62. The number of hydrogen-bond donors (Lipinski definition) is 1. The highest BCUT2D eigenvalue weighted by atomic mass is 79.9. The Kier molecular flexibility index (Phi) is 3.66. The summed E-state index contributed by atoms with van der Waals surface area (Å²) in [6.07, 6.45) is 8.96. The van der Waals surface area contributed by atoms with Crippen molar-refractivity contribution in [1.29, 1.82) is 0 Å². The normalized spacial score (nSPS) is 11.1. The molecular formula is C12H13BrN6O. The molecule has 0 aliphatic rings. The minimum Gasteiger partial charge on any atom is -0.383 e. The lowest BCUT2D eigenvalue weighted by atomic mass is 10.5. The number of halogens is 1. The lowest BCUT2D eigenvalue weighted by Crippen LogP contribution is -2.04. The summed E-state index contributed by atoms with van der Waals surface area (Å²) in [6, 6.07) is 0. The molecule has 8 heteroatoms. The van der Waals surface area contributed by atoms with Crippen molar-refractivity contribution in [3.8, 4) is 0 Å². The van der Waals surface area contributed by atoms with E-state index in [4.69, 9.17) is 4.74 Å². The summed E-state index contributed by atoms with van der Waals surface area (Å²) in [7, 11) is 1.67. The quantitative estimate of drug-likeness (QED) is 0.772. The molecule has 3 aromatic heterocycles. The molecule has 0 aromatic carbocycles. The van der Waals surface area contributed by atoms with Crippen LogP contribution in [0.15, 0.2) is 35.6 Å². The predicted octanol–water partition coefficient (Wildman–Crippen LogP) is 2.08. The summed E-state index contributed by atoms with van der Waals surface area (Å²) in [5.41, 5.74) is 1.62. The molecule has 0 atom stereocenters. The average Bonchev–Trinajstić information content (AvgIpc) is 3.05. The van der Waals surface area contributed by atoms with E-state index in [1.807, 2.05) is 21.5 Å². The molecule has 1 N–H and O–H groups in total. The first-order chi connectivity index (χ1) is 9.78. The lowest BCUT2D eigenvalue weighted by molar-refractivity contribution is 0.183. The van der Waals surface area contributed by atoms with Gasteiger partial charge in [-0.1, -0.05) is 0 Å². The lowest BCUT2D eigenvalue weighted by Gasteiger charge is -2.04. The van der Waals surface area contributed by atoms with E-state index in [0.29, 0.717) is 19.0 Å². The van der Waals surface area contributed by atoms with E-state index < -0.39 is 0 Å². The molecular weight excluding hydrogens is 324 g/mol. The van der Waals surface area contributed by atoms with E-state index in [-0.39, 0.29) is 0 Å².